The van der Waals surface area contributed by atoms with Gasteiger partial charge in [0.05, 0.1) is 30.0 Å². The summed E-state index contributed by atoms with van der Waals surface area (Å²) in [6.45, 7) is 2.76. The molecule has 0 atom stereocenters. The van der Waals surface area contributed by atoms with Crippen LogP contribution in [0.25, 0.3) is 0 Å². The Hall–Kier alpha value is -2.66. The second-order valence-electron chi connectivity index (χ2n) is 9.45. The second-order valence-corrected chi connectivity index (χ2v) is 12.2. The first-order valence-corrected chi connectivity index (χ1v) is 14.2. The molecule has 0 aromatic heterocycles. The largest absolute Gasteiger partial charge is 0.488 e. The van der Waals surface area contributed by atoms with Gasteiger partial charge in [-0.05, 0) is 48.9 Å². The zero-order valence-electron chi connectivity index (χ0n) is 20.8. The molecule has 2 N–H and O–H groups in total. The fraction of sp³-hybridized carbons (Fsp3) is 0.296. The average molecular weight is 581 g/mol. The summed E-state index contributed by atoms with van der Waals surface area (Å²) in [5.74, 6) is -0.494. The third-order valence-corrected chi connectivity index (χ3v) is 9.03. The number of quaternary nitrogens is 1. The first-order chi connectivity index (χ1) is 17.9. The molecule has 202 valence electrons. The number of carboxylic acid groups (broad SMARTS) is 1. The number of hydrogen-bond donors (Lipinski definition) is 2. The van der Waals surface area contributed by atoms with Gasteiger partial charge in [-0.25, -0.2) is 13.6 Å². The van der Waals surface area contributed by atoms with Crippen LogP contribution in [0.4, 0.5) is 0 Å². The van der Waals surface area contributed by atoms with E-state index >= 15 is 0 Å². The van der Waals surface area contributed by atoms with Gasteiger partial charge in [0, 0.05) is 15.6 Å². The molecule has 0 radical (unpaired) electrons. The number of aryl methyl sites for hydroxylation is 1. The molecule has 1 aliphatic heterocycles. The van der Waals surface area contributed by atoms with E-state index in [0.717, 1.165) is 11.1 Å². The molecule has 1 heterocycles. The molecule has 8 nitrogen and oxygen atoms in total. The Labute approximate surface area is 232 Å². The lowest BCUT2D eigenvalue weighted by molar-refractivity contribution is -1.11. The van der Waals surface area contributed by atoms with Crippen molar-refractivity contribution in [2.75, 3.05) is 26.2 Å². The fourth-order valence-corrected chi connectivity index (χ4v) is 6.26. The quantitative estimate of drug-likeness (QED) is 0.349. The molecule has 1 saturated heterocycles. The van der Waals surface area contributed by atoms with E-state index in [1.54, 1.807) is 60.7 Å². The van der Waals surface area contributed by atoms with Crippen LogP contribution in [0.2, 0.25) is 10.0 Å². The summed E-state index contributed by atoms with van der Waals surface area (Å²) < 4.78 is 33.2. The Morgan fingerprint density at radius 2 is 1.68 bits per heavy atom. The van der Waals surface area contributed by atoms with Crippen LogP contribution < -0.4 is 4.74 Å². The van der Waals surface area contributed by atoms with Crippen molar-refractivity contribution >= 4 is 39.2 Å². The third-order valence-electron chi connectivity index (χ3n) is 6.53. The Bertz CT molecular complexity index is 1420. The molecule has 4 rings (SSSR count). The first kappa shape index (κ1) is 28.4. The predicted octanol–water partition coefficient (Wildman–Crippen LogP) is 4.92. The predicted molar refractivity (Wildman–Crippen MR) is 144 cm³/mol. The van der Waals surface area contributed by atoms with Gasteiger partial charge in [0.1, 0.15) is 32.0 Å². The number of ether oxygens (including phenoxy) is 1. The van der Waals surface area contributed by atoms with Crippen molar-refractivity contribution in [1.29, 1.82) is 0 Å². The maximum absolute atomic E-state index is 13.1. The first-order valence-electron chi connectivity index (χ1n) is 12.0. The lowest BCUT2D eigenvalue weighted by Gasteiger charge is -2.38. The van der Waals surface area contributed by atoms with Crippen molar-refractivity contribution < 1.29 is 32.9 Å². The van der Waals surface area contributed by atoms with Gasteiger partial charge in [-0.2, -0.15) is 8.95 Å². The lowest BCUT2D eigenvalue weighted by Crippen LogP contribution is -2.58. The molecular weight excluding hydrogens is 551 g/mol. The maximum atomic E-state index is 13.1. The summed E-state index contributed by atoms with van der Waals surface area (Å²) in [6, 6.07) is 16.8. The SMILES string of the molecule is Cc1ccc(S(=O)(=O)N2CC[N+](O)(Cc3cc(CC(=O)O)ccc3OCc3ccc(Cl)cc3Cl)CC2)cc1. The number of piperazine rings is 1. The summed E-state index contributed by atoms with van der Waals surface area (Å²) in [5.41, 5.74) is 2.87. The Balaban J connectivity index is 1.51. The topological polar surface area (TPSA) is 104 Å². The number of nitrogens with zero attached hydrogens (tertiary/aromatic N) is 2. The van der Waals surface area contributed by atoms with Crippen molar-refractivity contribution in [2.45, 2.75) is 31.4 Å². The molecule has 0 amide bonds. The number of hydroxylamine groups is 3. The van der Waals surface area contributed by atoms with Gasteiger partial charge in [0.2, 0.25) is 10.0 Å². The molecule has 0 aliphatic carbocycles. The van der Waals surface area contributed by atoms with Crippen LogP contribution in [0.5, 0.6) is 5.75 Å². The monoisotopic (exact) mass is 579 g/mol. The van der Waals surface area contributed by atoms with E-state index < -0.39 is 20.6 Å². The highest BCUT2D eigenvalue weighted by Gasteiger charge is 2.38. The fourth-order valence-electron chi connectivity index (χ4n) is 4.37. The molecule has 38 heavy (non-hydrogen) atoms. The number of aliphatic carboxylic acids is 1. The highest BCUT2D eigenvalue weighted by molar-refractivity contribution is 7.89. The molecule has 3 aromatic carbocycles. The normalized spacial score (nSPS) is 15.8. The molecule has 11 heteroatoms. The smallest absolute Gasteiger partial charge is 0.307 e. The summed E-state index contributed by atoms with van der Waals surface area (Å²) in [5, 5.41) is 21.6. The van der Waals surface area contributed by atoms with Gasteiger partial charge in [-0.15, -0.1) is 0 Å². The van der Waals surface area contributed by atoms with Crippen molar-refractivity contribution in [3.05, 3.63) is 93.0 Å². The van der Waals surface area contributed by atoms with Crippen LogP contribution in [0.3, 0.4) is 0 Å². The van der Waals surface area contributed by atoms with Crippen molar-refractivity contribution in [3.63, 3.8) is 0 Å². The van der Waals surface area contributed by atoms with E-state index in [4.69, 9.17) is 27.9 Å². The highest BCUT2D eigenvalue weighted by atomic mass is 35.5. The summed E-state index contributed by atoms with van der Waals surface area (Å²) >= 11 is 12.2. The van der Waals surface area contributed by atoms with Crippen LogP contribution in [0.15, 0.2) is 65.6 Å². The van der Waals surface area contributed by atoms with Gasteiger partial charge in [-0.1, -0.05) is 53.0 Å². The molecule has 3 aromatic rings. The zero-order valence-corrected chi connectivity index (χ0v) is 23.1. The minimum absolute atomic E-state index is 0.121. The average Bonchev–Trinajstić information content (AvgIpc) is 2.84. The van der Waals surface area contributed by atoms with E-state index in [9.17, 15) is 23.5 Å². The molecule has 0 bridgehead atoms. The van der Waals surface area contributed by atoms with Crippen LogP contribution in [0, 0.1) is 6.92 Å². The Morgan fingerprint density at radius 3 is 2.32 bits per heavy atom. The van der Waals surface area contributed by atoms with Gasteiger partial charge in [0.15, 0.2) is 0 Å². The van der Waals surface area contributed by atoms with Crippen LogP contribution in [0.1, 0.15) is 22.3 Å². The summed E-state index contributed by atoms with van der Waals surface area (Å²) in [4.78, 5) is 11.5. The number of halogens is 2. The number of carboxylic acids is 1. The van der Waals surface area contributed by atoms with E-state index in [2.05, 4.69) is 0 Å². The lowest BCUT2D eigenvalue weighted by atomic mass is 10.1. The van der Waals surface area contributed by atoms with E-state index in [0.29, 0.717) is 26.9 Å². The molecule has 1 fully saturated rings. The van der Waals surface area contributed by atoms with Gasteiger partial charge < -0.3 is 9.84 Å². The van der Waals surface area contributed by atoms with Gasteiger partial charge in [0.25, 0.3) is 0 Å². The minimum Gasteiger partial charge on any atom is -0.488 e. The number of benzene rings is 3. The van der Waals surface area contributed by atoms with Crippen molar-refractivity contribution in [1.82, 2.24) is 4.31 Å². The Kier molecular flexibility index (Phi) is 8.66. The number of hydrogen-bond acceptors (Lipinski definition) is 5. The van der Waals surface area contributed by atoms with Crippen LogP contribution in [-0.4, -0.2) is 59.8 Å². The van der Waals surface area contributed by atoms with E-state index in [1.807, 2.05) is 6.92 Å². The molecule has 0 saturated carbocycles. The number of carbonyl (C=O) groups is 1. The molecule has 1 aliphatic rings. The summed E-state index contributed by atoms with van der Waals surface area (Å²) in [7, 11) is -3.68. The Morgan fingerprint density at radius 1 is 1.00 bits per heavy atom. The third kappa shape index (κ3) is 6.85. The van der Waals surface area contributed by atoms with Gasteiger partial charge in [-0.3, -0.25) is 4.79 Å². The van der Waals surface area contributed by atoms with E-state index in [-0.39, 0.29) is 50.6 Å². The van der Waals surface area contributed by atoms with E-state index in [1.165, 1.54) is 4.31 Å². The number of rotatable bonds is 9. The maximum Gasteiger partial charge on any atom is 0.307 e. The minimum atomic E-state index is -3.68. The molecular formula is C27H29Cl2N2O6S+. The summed E-state index contributed by atoms with van der Waals surface area (Å²) in [6.07, 6.45) is -0.176. The zero-order chi connectivity index (χ0) is 27.5. The van der Waals surface area contributed by atoms with Crippen LogP contribution >= 0.6 is 23.2 Å². The second kappa shape index (κ2) is 11.6. The molecule has 0 spiro atoms. The van der Waals surface area contributed by atoms with Gasteiger partial charge >= 0.3 is 5.97 Å². The number of sulfonamides is 1. The van der Waals surface area contributed by atoms with Crippen molar-refractivity contribution in [3.8, 4) is 5.75 Å². The standard InChI is InChI=1S/C27H28Cl2N2O6S/c1-19-2-7-24(8-3-19)38(35,36)30-10-12-31(34,13-11-30)17-22-14-20(15-27(32)33)4-9-26(22)37-18-21-5-6-23(28)16-25(21)29/h2-9,14,16,34H,10-13,15,17-18H2,1H3/p+1. The van der Waals surface area contributed by atoms with Crippen molar-refractivity contribution in [2.24, 2.45) is 0 Å². The van der Waals surface area contributed by atoms with Crippen LogP contribution in [-0.2, 0) is 34.4 Å². The highest BCUT2D eigenvalue weighted by Crippen LogP contribution is 2.29. The molecule has 0 unspecified atom stereocenters.